The lowest BCUT2D eigenvalue weighted by molar-refractivity contribution is -2.00. The quantitative estimate of drug-likeness (QED) is 0.131. The Morgan fingerprint density at radius 1 is 0.795 bits per heavy atom. The number of carbonyl (C=O) groups excluding carboxylic acids is 2. The highest BCUT2D eigenvalue weighted by atomic mass is 35.7. The molecule has 39 heavy (non-hydrogen) atoms. The van der Waals surface area contributed by atoms with Crippen molar-refractivity contribution in [1.82, 2.24) is 4.98 Å². The minimum Gasteiger partial charge on any atom is -0.289 e. The van der Waals surface area contributed by atoms with Crippen molar-refractivity contribution in [3.8, 4) is 0 Å². The van der Waals surface area contributed by atoms with E-state index in [1.807, 2.05) is 76.0 Å². The lowest BCUT2D eigenvalue weighted by Crippen LogP contribution is -2.68. The summed E-state index contributed by atoms with van der Waals surface area (Å²) in [7, 11) is -9.89. The number of amides is 1. The smallest absolute Gasteiger partial charge is 0.289 e. The van der Waals surface area contributed by atoms with E-state index >= 15 is 0 Å². The second-order valence-corrected chi connectivity index (χ2v) is 9.10. The van der Waals surface area contributed by atoms with Gasteiger partial charge in [0.15, 0.2) is 11.5 Å². The summed E-state index contributed by atoms with van der Waals surface area (Å²) < 4.78 is 71.8. The van der Waals surface area contributed by atoms with Crippen LogP contribution in [-0.4, -0.2) is 16.7 Å². The summed E-state index contributed by atoms with van der Waals surface area (Å²) in [4.78, 5) is 28.7. The molecule has 0 bridgehead atoms. The van der Waals surface area contributed by atoms with Gasteiger partial charge in [0.1, 0.15) is 0 Å². The molecule has 1 aliphatic heterocycles. The number of nitrogens with one attached hydrogen (secondary N) is 2. The number of imidazole rings is 1. The van der Waals surface area contributed by atoms with E-state index in [0.717, 1.165) is 22.9 Å². The average Bonchev–Trinajstić information content (AvgIpc) is 3.37. The molecule has 0 fully saturated rings. The van der Waals surface area contributed by atoms with Gasteiger partial charge in [-0.2, -0.15) is 4.40 Å². The summed E-state index contributed by atoms with van der Waals surface area (Å²) in [5, 5.41) is 2.91. The first kappa shape index (κ1) is 29.8. The third-order valence-electron chi connectivity index (χ3n) is 5.05. The lowest BCUT2D eigenvalue weighted by atomic mass is 10.1. The van der Waals surface area contributed by atoms with Crippen LogP contribution >= 0.6 is 0 Å². The third kappa shape index (κ3) is 8.88. The Labute approximate surface area is 224 Å². The molecule has 1 amide bonds. The maximum atomic E-state index is 12.8. The van der Waals surface area contributed by atoms with Crippen LogP contribution in [0.4, 0.5) is 5.82 Å². The van der Waals surface area contributed by atoms with Gasteiger partial charge in [-0.15, -0.1) is 20.5 Å². The van der Waals surface area contributed by atoms with Gasteiger partial charge in [0, 0.05) is 17.7 Å². The maximum Gasteiger partial charge on any atom is 0.361 e. The minimum absolute atomic E-state index is 0.0913. The molecule has 3 aromatic heterocycles. The topological polar surface area (TPSA) is 254 Å². The van der Waals surface area contributed by atoms with Crippen LogP contribution in [0.25, 0.3) is 11.7 Å². The molecule has 2 N–H and O–H groups in total. The summed E-state index contributed by atoms with van der Waals surface area (Å²) in [5.41, 5.74) is 2.94. The SMILES string of the molecule is O=C(/C=C/c1c([C@H]2C(=O)Nc3cccc[n+]32)[nH]c2cccc[n+]12)c1ccccc1.[O-][Cl+3]([O-])([O-])[O-].[O-][Cl+3]([O-])([O-])[O-]. The molecule has 0 saturated carbocycles. The molecule has 16 heteroatoms. The molecule has 0 spiro atoms. The van der Waals surface area contributed by atoms with Gasteiger partial charge >= 0.3 is 5.91 Å². The molecule has 14 nitrogen and oxygen atoms in total. The van der Waals surface area contributed by atoms with Gasteiger partial charge < -0.3 is 0 Å². The van der Waals surface area contributed by atoms with E-state index in [9.17, 15) is 9.59 Å². The summed E-state index contributed by atoms with van der Waals surface area (Å²) in [5.74, 6) is 0.528. The summed E-state index contributed by atoms with van der Waals surface area (Å²) in [6.07, 6.45) is 7.09. The van der Waals surface area contributed by atoms with Crippen LogP contribution in [0.2, 0.25) is 0 Å². The van der Waals surface area contributed by atoms with Crippen molar-refractivity contribution in [1.29, 1.82) is 0 Å². The summed E-state index contributed by atoms with van der Waals surface area (Å²) in [6.45, 7) is 0. The second-order valence-electron chi connectivity index (χ2n) is 7.58. The number of H-pyrrole nitrogens is 1. The van der Waals surface area contributed by atoms with Crippen molar-refractivity contribution < 1.29 is 76.3 Å². The highest BCUT2D eigenvalue weighted by molar-refractivity contribution is 6.06. The van der Waals surface area contributed by atoms with Crippen LogP contribution in [0, 0.1) is 20.5 Å². The first-order chi connectivity index (χ1) is 18.2. The van der Waals surface area contributed by atoms with E-state index < -0.39 is 26.5 Å². The van der Waals surface area contributed by atoms with Crippen molar-refractivity contribution in [2.24, 2.45) is 0 Å². The number of carbonyl (C=O) groups is 2. The molecule has 0 radical (unpaired) electrons. The fraction of sp³-hybridized carbons (Fsp3) is 0.0435. The maximum absolute atomic E-state index is 12.8. The summed E-state index contributed by atoms with van der Waals surface area (Å²) in [6, 6.07) is 20.0. The van der Waals surface area contributed by atoms with E-state index in [1.54, 1.807) is 24.3 Å². The number of hydrogen-bond acceptors (Lipinski definition) is 10. The fourth-order valence-electron chi connectivity index (χ4n) is 3.70. The molecule has 0 saturated heterocycles. The normalized spacial score (nSPS) is 14.7. The van der Waals surface area contributed by atoms with Gasteiger partial charge in [-0.25, -0.2) is 56.9 Å². The van der Waals surface area contributed by atoms with E-state index in [0.29, 0.717) is 5.56 Å². The van der Waals surface area contributed by atoms with Crippen molar-refractivity contribution >= 4 is 29.2 Å². The molecule has 1 atom stereocenters. The third-order valence-corrected chi connectivity index (χ3v) is 5.05. The number of aromatic amines is 1. The molecular weight excluding hydrogens is 563 g/mol. The van der Waals surface area contributed by atoms with Crippen LogP contribution in [0.15, 0.2) is 85.2 Å². The Balaban J connectivity index is 0.000000362. The Hall–Kier alpha value is -3.80. The highest BCUT2D eigenvalue weighted by Gasteiger charge is 2.44. The number of rotatable bonds is 4. The minimum atomic E-state index is -4.94. The number of allylic oxidation sites excluding steroid dienone is 1. The Kier molecular flexibility index (Phi) is 9.44. The van der Waals surface area contributed by atoms with E-state index in [2.05, 4.69) is 10.3 Å². The van der Waals surface area contributed by atoms with Gasteiger partial charge in [0.2, 0.25) is 5.69 Å². The molecule has 1 aliphatic rings. The molecule has 0 unspecified atom stereocenters. The standard InChI is InChI=1S/C23H16N4O2.2ClHO4/c28-18(16-8-2-1-3-9-16)13-12-17-21(24-19-10-4-6-14-26(17)19)22-23(29)25-20-11-5-7-15-27(20)22;2*2-1(3,4)5/h1-15,22H;2*(H,2,3,4,5)/b13-12+;;/t22-;;/m0../s1. The number of anilines is 1. The number of pyridine rings is 2. The average molecular weight is 581 g/mol. The molecule has 5 rings (SSSR count). The first-order valence-electron chi connectivity index (χ1n) is 10.6. The zero-order valence-electron chi connectivity index (χ0n) is 19.5. The van der Waals surface area contributed by atoms with Gasteiger partial charge in [-0.1, -0.05) is 42.5 Å². The van der Waals surface area contributed by atoms with E-state index in [-0.39, 0.29) is 11.7 Å². The van der Waals surface area contributed by atoms with Crippen LogP contribution in [0.5, 0.6) is 0 Å². The van der Waals surface area contributed by atoms with Crippen molar-refractivity contribution in [2.75, 3.05) is 5.32 Å². The van der Waals surface area contributed by atoms with E-state index in [4.69, 9.17) is 37.3 Å². The van der Waals surface area contributed by atoms with Crippen LogP contribution in [0.3, 0.4) is 0 Å². The number of benzene rings is 1. The van der Waals surface area contributed by atoms with Crippen LogP contribution in [0.1, 0.15) is 27.8 Å². The molecule has 4 heterocycles. The first-order valence-corrected chi connectivity index (χ1v) is 13.0. The Morgan fingerprint density at radius 2 is 1.36 bits per heavy atom. The lowest BCUT2D eigenvalue weighted by Gasteiger charge is -2.17. The molecular formula is C23H18Cl2N4O10. The number of hydrogen-bond donors (Lipinski definition) is 2. The largest absolute Gasteiger partial charge is 0.361 e. The molecule has 1 aromatic carbocycles. The molecule has 204 valence electrons. The molecule has 0 aliphatic carbocycles. The summed E-state index contributed by atoms with van der Waals surface area (Å²) >= 11 is 0. The predicted molar refractivity (Wildman–Crippen MR) is 107 cm³/mol. The van der Waals surface area contributed by atoms with Crippen molar-refractivity contribution in [3.05, 3.63) is 102 Å². The van der Waals surface area contributed by atoms with Crippen molar-refractivity contribution in [3.63, 3.8) is 0 Å². The monoisotopic (exact) mass is 580 g/mol. The van der Waals surface area contributed by atoms with Crippen LogP contribution < -0.4 is 51.6 Å². The number of fused-ring (bicyclic) bond motifs is 2. The zero-order valence-corrected chi connectivity index (χ0v) is 21.0. The van der Waals surface area contributed by atoms with Gasteiger partial charge in [-0.05, 0) is 24.3 Å². The predicted octanol–water partition coefficient (Wildman–Crippen LogP) is -7.03. The number of nitrogens with zero attached hydrogens (tertiary/aromatic N) is 2. The van der Waals surface area contributed by atoms with Gasteiger partial charge in [0.05, 0.1) is 12.4 Å². The zero-order chi connectivity index (χ0) is 28.8. The van der Waals surface area contributed by atoms with Gasteiger partial charge in [0.25, 0.3) is 17.5 Å². The van der Waals surface area contributed by atoms with Crippen molar-refractivity contribution in [2.45, 2.75) is 6.04 Å². The number of ketones is 1. The fourth-order valence-corrected chi connectivity index (χ4v) is 3.70. The van der Waals surface area contributed by atoms with Gasteiger partial charge in [-0.3, -0.25) is 4.79 Å². The Bertz CT molecular complexity index is 1460. The van der Waals surface area contributed by atoms with Crippen LogP contribution in [-0.2, 0) is 4.79 Å². The van der Waals surface area contributed by atoms with E-state index in [1.165, 1.54) is 0 Å². The molecule has 4 aromatic rings. The number of halogens is 2. The highest BCUT2D eigenvalue weighted by Crippen LogP contribution is 2.24. The number of aromatic nitrogens is 3. The Morgan fingerprint density at radius 3 is 2.00 bits per heavy atom. The second kappa shape index (κ2) is 12.4.